The standard InChI is InChI=1S/C21H26N6/c1-25(13-11-16-5-3-2-4-6-16)18-12-14-26(15-18)20-10-9-19-22-23-21(17-7-8-17)27(19)24-20/h2-6,9-10,17-18H,7-8,11-15H2,1H3. The number of rotatable bonds is 6. The van der Waals surface area contributed by atoms with Crippen LogP contribution in [0.15, 0.2) is 42.5 Å². The molecule has 1 saturated heterocycles. The van der Waals surface area contributed by atoms with Crippen LogP contribution in [-0.4, -0.2) is 57.4 Å². The van der Waals surface area contributed by atoms with Crippen molar-refractivity contribution in [2.45, 2.75) is 37.6 Å². The molecule has 1 aliphatic heterocycles. The van der Waals surface area contributed by atoms with E-state index in [2.05, 4.69) is 63.4 Å². The maximum Gasteiger partial charge on any atom is 0.178 e. The lowest BCUT2D eigenvalue weighted by atomic mass is 10.1. The average Bonchev–Trinajstić information content (AvgIpc) is 3.27. The van der Waals surface area contributed by atoms with Gasteiger partial charge in [0.05, 0.1) is 0 Å². The molecular weight excluding hydrogens is 336 g/mol. The number of benzene rings is 1. The van der Waals surface area contributed by atoms with E-state index in [1.54, 1.807) is 0 Å². The molecule has 1 atom stereocenters. The van der Waals surface area contributed by atoms with Crippen LogP contribution in [0.3, 0.4) is 0 Å². The van der Waals surface area contributed by atoms with Crippen molar-refractivity contribution in [3.63, 3.8) is 0 Å². The molecule has 3 heterocycles. The van der Waals surface area contributed by atoms with E-state index in [0.29, 0.717) is 12.0 Å². The van der Waals surface area contributed by atoms with Crippen LogP contribution in [0.4, 0.5) is 5.82 Å². The maximum absolute atomic E-state index is 4.86. The van der Waals surface area contributed by atoms with Gasteiger partial charge in [-0.25, -0.2) is 0 Å². The number of hydrogen-bond acceptors (Lipinski definition) is 5. The van der Waals surface area contributed by atoms with Crippen LogP contribution in [0.25, 0.3) is 5.65 Å². The molecule has 2 aromatic heterocycles. The first-order chi connectivity index (χ1) is 13.3. The molecule has 140 valence electrons. The van der Waals surface area contributed by atoms with Crippen LogP contribution in [-0.2, 0) is 6.42 Å². The molecule has 1 aromatic carbocycles. The maximum atomic E-state index is 4.86. The van der Waals surface area contributed by atoms with Gasteiger partial charge in [0, 0.05) is 31.6 Å². The Kier molecular flexibility index (Phi) is 4.28. The zero-order chi connectivity index (χ0) is 18.2. The molecule has 0 spiro atoms. The molecule has 2 fully saturated rings. The zero-order valence-corrected chi connectivity index (χ0v) is 15.8. The predicted molar refractivity (Wildman–Crippen MR) is 106 cm³/mol. The second-order valence-corrected chi connectivity index (χ2v) is 7.90. The summed E-state index contributed by atoms with van der Waals surface area (Å²) in [6.07, 6.45) is 4.71. The van der Waals surface area contributed by atoms with E-state index in [9.17, 15) is 0 Å². The van der Waals surface area contributed by atoms with Gasteiger partial charge in [0.25, 0.3) is 0 Å². The number of aromatic nitrogens is 4. The summed E-state index contributed by atoms with van der Waals surface area (Å²) in [4.78, 5) is 4.90. The summed E-state index contributed by atoms with van der Waals surface area (Å²) in [5.41, 5.74) is 2.27. The second-order valence-electron chi connectivity index (χ2n) is 7.90. The molecular formula is C21H26N6. The number of anilines is 1. The van der Waals surface area contributed by atoms with Crippen molar-refractivity contribution < 1.29 is 0 Å². The lowest BCUT2D eigenvalue weighted by Gasteiger charge is -2.25. The monoisotopic (exact) mass is 362 g/mol. The van der Waals surface area contributed by atoms with E-state index in [1.165, 1.54) is 24.8 Å². The summed E-state index contributed by atoms with van der Waals surface area (Å²) in [5.74, 6) is 2.63. The Bertz CT molecular complexity index is 917. The zero-order valence-electron chi connectivity index (χ0n) is 15.8. The predicted octanol–water partition coefficient (Wildman–Crippen LogP) is 2.75. The summed E-state index contributed by atoms with van der Waals surface area (Å²) in [6, 6.07) is 15.5. The minimum absolute atomic E-state index is 0.554. The molecule has 27 heavy (non-hydrogen) atoms. The van der Waals surface area contributed by atoms with Gasteiger partial charge < -0.3 is 9.80 Å². The Morgan fingerprint density at radius 2 is 1.89 bits per heavy atom. The fourth-order valence-electron chi connectivity index (χ4n) is 4.00. The van der Waals surface area contributed by atoms with E-state index < -0.39 is 0 Å². The highest BCUT2D eigenvalue weighted by Crippen LogP contribution is 2.38. The first-order valence-electron chi connectivity index (χ1n) is 9.99. The van der Waals surface area contributed by atoms with Gasteiger partial charge >= 0.3 is 0 Å². The number of likely N-dealkylation sites (N-methyl/N-ethyl adjacent to an activating group) is 1. The van der Waals surface area contributed by atoms with Crippen molar-refractivity contribution in [1.82, 2.24) is 24.7 Å². The molecule has 3 aromatic rings. The normalized spacial score (nSPS) is 20.1. The lowest BCUT2D eigenvalue weighted by molar-refractivity contribution is 0.262. The summed E-state index contributed by atoms with van der Waals surface area (Å²) in [6.45, 7) is 3.18. The van der Waals surface area contributed by atoms with Crippen LogP contribution < -0.4 is 4.90 Å². The third-order valence-corrected chi connectivity index (χ3v) is 5.92. The van der Waals surface area contributed by atoms with Gasteiger partial charge in [-0.2, -0.15) is 4.52 Å². The molecule has 0 N–H and O–H groups in total. The van der Waals surface area contributed by atoms with Gasteiger partial charge in [0.1, 0.15) is 5.82 Å². The van der Waals surface area contributed by atoms with Crippen molar-refractivity contribution in [3.05, 3.63) is 53.9 Å². The highest BCUT2D eigenvalue weighted by Gasteiger charge is 2.30. The molecule has 0 amide bonds. The van der Waals surface area contributed by atoms with Gasteiger partial charge in [-0.3, -0.25) is 0 Å². The second kappa shape index (κ2) is 6.93. The van der Waals surface area contributed by atoms with Crippen LogP contribution in [0.5, 0.6) is 0 Å². The quantitative estimate of drug-likeness (QED) is 0.675. The van der Waals surface area contributed by atoms with Crippen LogP contribution in [0.1, 0.15) is 36.6 Å². The SMILES string of the molecule is CN(CCc1ccccc1)C1CCN(c2ccc3nnc(C4CC4)n3n2)C1. The average molecular weight is 362 g/mol. The molecule has 1 unspecified atom stereocenters. The number of hydrogen-bond donors (Lipinski definition) is 0. The number of nitrogens with zero attached hydrogens (tertiary/aromatic N) is 6. The van der Waals surface area contributed by atoms with Gasteiger partial charge in [0.15, 0.2) is 11.5 Å². The van der Waals surface area contributed by atoms with Crippen molar-refractivity contribution in [1.29, 1.82) is 0 Å². The highest BCUT2D eigenvalue weighted by atomic mass is 15.4. The van der Waals surface area contributed by atoms with Crippen molar-refractivity contribution in [2.75, 3.05) is 31.6 Å². The molecule has 6 nitrogen and oxygen atoms in total. The Hall–Kier alpha value is -2.47. The fraction of sp³-hybridized carbons (Fsp3) is 0.476. The summed E-state index contributed by atoms with van der Waals surface area (Å²) in [7, 11) is 2.25. The summed E-state index contributed by atoms with van der Waals surface area (Å²) >= 11 is 0. The largest absolute Gasteiger partial charge is 0.354 e. The molecule has 0 radical (unpaired) electrons. The highest BCUT2D eigenvalue weighted by molar-refractivity contribution is 5.47. The van der Waals surface area contributed by atoms with Gasteiger partial charge in [-0.15, -0.1) is 15.3 Å². The number of fused-ring (bicyclic) bond motifs is 1. The molecule has 0 bridgehead atoms. The van der Waals surface area contributed by atoms with Crippen molar-refractivity contribution in [2.24, 2.45) is 0 Å². The van der Waals surface area contributed by atoms with E-state index in [-0.39, 0.29) is 0 Å². The fourth-order valence-corrected chi connectivity index (χ4v) is 4.00. The van der Waals surface area contributed by atoms with Crippen LogP contribution in [0, 0.1) is 0 Å². The minimum Gasteiger partial charge on any atom is -0.354 e. The smallest absolute Gasteiger partial charge is 0.178 e. The first-order valence-corrected chi connectivity index (χ1v) is 9.99. The van der Waals surface area contributed by atoms with Crippen molar-refractivity contribution >= 4 is 11.5 Å². The van der Waals surface area contributed by atoms with E-state index >= 15 is 0 Å². The van der Waals surface area contributed by atoms with Crippen molar-refractivity contribution in [3.8, 4) is 0 Å². The Morgan fingerprint density at radius 3 is 2.70 bits per heavy atom. The topological polar surface area (TPSA) is 49.6 Å². The molecule has 5 rings (SSSR count). The summed E-state index contributed by atoms with van der Waals surface area (Å²) in [5, 5.41) is 13.5. The third kappa shape index (κ3) is 3.41. The Morgan fingerprint density at radius 1 is 1.04 bits per heavy atom. The minimum atomic E-state index is 0.554. The third-order valence-electron chi connectivity index (χ3n) is 5.92. The lowest BCUT2D eigenvalue weighted by Crippen LogP contribution is -2.36. The van der Waals surface area contributed by atoms with E-state index in [0.717, 1.165) is 43.3 Å². The molecule has 1 saturated carbocycles. The van der Waals surface area contributed by atoms with Gasteiger partial charge in [-0.05, 0) is 50.4 Å². The Balaban J connectivity index is 1.25. The van der Waals surface area contributed by atoms with E-state index in [1.807, 2.05) is 10.6 Å². The summed E-state index contributed by atoms with van der Waals surface area (Å²) < 4.78 is 1.96. The molecule has 1 aliphatic carbocycles. The van der Waals surface area contributed by atoms with E-state index in [4.69, 9.17) is 5.10 Å². The molecule has 2 aliphatic rings. The van der Waals surface area contributed by atoms with Gasteiger partial charge in [-0.1, -0.05) is 30.3 Å². The van der Waals surface area contributed by atoms with Crippen LogP contribution in [0.2, 0.25) is 0 Å². The van der Waals surface area contributed by atoms with Gasteiger partial charge in [0.2, 0.25) is 0 Å². The Labute approximate surface area is 159 Å². The molecule has 6 heteroatoms. The first kappa shape index (κ1) is 16.7. The van der Waals surface area contributed by atoms with Crippen LogP contribution >= 0.6 is 0 Å².